The van der Waals surface area contributed by atoms with Gasteiger partial charge in [0.1, 0.15) is 11.2 Å². The normalized spacial score (nSPS) is 18.6. The number of nitrogens with zero attached hydrogens (tertiary/aromatic N) is 3. The van der Waals surface area contributed by atoms with E-state index in [9.17, 15) is 26.4 Å². The zero-order valence-corrected chi connectivity index (χ0v) is 16.6. The monoisotopic (exact) mass is 438 g/mol. The Morgan fingerprint density at radius 1 is 1.17 bits per heavy atom. The average molecular weight is 438 g/mol. The smallest absolute Gasteiger partial charge is 0.366 e. The number of fused-ring (bicyclic) bond motifs is 1. The molecule has 1 aliphatic heterocycles. The predicted molar refractivity (Wildman–Crippen MR) is 106 cm³/mol. The minimum Gasteiger partial charge on any atom is -0.366 e. The first-order valence-corrected chi connectivity index (χ1v) is 10.9. The van der Waals surface area contributed by atoms with E-state index < -0.39 is 27.1 Å². The zero-order valence-electron chi connectivity index (χ0n) is 15.8. The van der Waals surface area contributed by atoms with Crippen molar-refractivity contribution in [1.82, 2.24) is 14.5 Å². The fourth-order valence-corrected chi connectivity index (χ4v) is 5.15. The van der Waals surface area contributed by atoms with Gasteiger partial charge in [-0.3, -0.25) is 4.79 Å². The molecule has 3 heterocycles. The van der Waals surface area contributed by atoms with Gasteiger partial charge in [-0.2, -0.15) is 13.2 Å². The minimum absolute atomic E-state index is 0.0580. The molecule has 1 aliphatic rings. The molecule has 11 heteroatoms. The summed E-state index contributed by atoms with van der Waals surface area (Å²) in [6, 6.07) is 4.13. The molecule has 158 valence electrons. The summed E-state index contributed by atoms with van der Waals surface area (Å²) in [4.78, 5) is 21.4. The van der Waals surface area contributed by atoms with Gasteiger partial charge >= 0.3 is 6.18 Å². The van der Waals surface area contributed by atoms with Crippen LogP contribution in [-0.4, -0.2) is 40.5 Å². The molecule has 0 aliphatic carbocycles. The number of rotatable bonds is 3. The van der Waals surface area contributed by atoms with Crippen molar-refractivity contribution in [3.05, 3.63) is 52.7 Å². The van der Waals surface area contributed by atoms with Gasteiger partial charge in [0.15, 0.2) is 9.84 Å². The van der Waals surface area contributed by atoms with Gasteiger partial charge in [-0.25, -0.2) is 18.4 Å². The quantitative estimate of drug-likeness (QED) is 0.676. The summed E-state index contributed by atoms with van der Waals surface area (Å²) in [5.74, 6) is 0.205. The molecular weight excluding hydrogens is 421 g/mol. The molecular formula is C19H17F3N4O3S. The van der Waals surface area contributed by atoms with Crippen LogP contribution in [0, 0.1) is 0 Å². The SMILES string of the molecule is Cn1cnc2c(-c3ccc(C(F)(F)F)cc3)cnc(N[C@H]3CCS(=O)(=O)C3)c2c1=O. The summed E-state index contributed by atoms with van der Waals surface area (Å²) in [6.45, 7) is 0. The molecule has 0 bridgehead atoms. The van der Waals surface area contributed by atoms with E-state index in [1.807, 2.05) is 0 Å². The summed E-state index contributed by atoms with van der Waals surface area (Å²) < 4.78 is 63.3. The summed E-state index contributed by atoms with van der Waals surface area (Å²) in [5.41, 5.74) is -0.0776. The predicted octanol–water partition coefficient (Wildman–Crippen LogP) is 2.61. The lowest BCUT2D eigenvalue weighted by Crippen LogP contribution is -2.24. The van der Waals surface area contributed by atoms with Crippen LogP contribution in [0.5, 0.6) is 0 Å². The van der Waals surface area contributed by atoms with Crippen LogP contribution < -0.4 is 10.9 Å². The summed E-state index contributed by atoms with van der Waals surface area (Å²) in [6.07, 6.45) is -1.32. The maximum absolute atomic E-state index is 12.9. The lowest BCUT2D eigenvalue weighted by atomic mass is 10.0. The Kier molecular flexibility index (Phi) is 4.80. The van der Waals surface area contributed by atoms with Gasteiger partial charge in [-0.05, 0) is 24.1 Å². The second-order valence-electron chi connectivity index (χ2n) is 7.22. The second kappa shape index (κ2) is 7.08. The number of hydrogen-bond donors (Lipinski definition) is 1. The van der Waals surface area contributed by atoms with Gasteiger partial charge in [0.05, 0.1) is 28.9 Å². The number of halogens is 3. The van der Waals surface area contributed by atoms with Crippen LogP contribution in [-0.2, 0) is 23.1 Å². The van der Waals surface area contributed by atoms with Crippen molar-refractivity contribution < 1.29 is 21.6 Å². The molecule has 0 radical (unpaired) electrons. The van der Waals surface area contributed by atoms with Crippen LogP contribution in [0.25, 0.3) is 22.0 Å². The maximum Gasteiger partial charge on any atom is 0.416 e. The zero-order chi connectivity index (χ0) is 21.7. The van der Waals surface area contributed by atoms with Crippen molar-refractivity contribution in [1.29, 1.82) is 0 Å². The van der Waals surface area contributed by atoms with Gasteiger partial charge in [-0.1, -0.05) is 12.1 Å². The molecule has 2 aromatic heterocycles. The molecule has 0 unspecified atom stereocenters. The first-order chi connectivity index (χ1) is 14.0. The van der Waals surface area contributed by atoms with E-state index in [1.54, 1.807) is 0 Å². The highest BCUT2D eigenvalue weighted by Crippen LogP contribution is 2.33. The summed E-state index contributed by atoms with van der Waals surface area (Å²) in [5, 5.41) is 3.18. The Balaban J connectivity index is 1.82. The Hall–Kier alpha value is -2.95. The number of hydrogen-bond acceptors (Lipinski definition) is 6. The van der Waals surface area contributed by atoms with E-state index in [1.165, 1.54) is 36.3 Å². The van der Waals surface area contributed by atoms with Crippen LogP contribution >= 0.6 is 0 Å². The number of nitrogens with one attached hydrogen (secondary N) is 1. The van der Waals surface area contributed by atoms with Crippen LogP contribution in [0.4, 0.5) is 19.0 Å². The summed E-state index contributed by atoms with van der Waals surface area (Å²) in [7, 11) is -1.62. The number of sulfone groups is 1. The van der Waals surface area contributed by atoms with Gasteiger partial charge in [0, 0.05) is 24.8 Å². The van der Waals surface area contributed by atoms with Gasteiger partial charge in [-0.15, -0.1) is 0 Å². The molecule has 0 spiro atoms. The third kappa shape index (κ3) is 3.76. The molecule has 1 aromatic carbocycles. The Labute approximate surface area is 169 Å². The highest BCUT2D eigenvalue weighted by atomic mass is 32.2. The van der Waals surface area contributed by atoms with Crippen molar-refractivity contribution in [2.45, 2.75) is 18.6 Å². The van der Waals surface area contributed by atoms with Crippen LogP contribution in [0.3, 0.4) is 0 Å². The third-order valence-corrected chi connectivity index (χ3v) is 6.81. The van der Waals surface area contributed by atoms with E-state index in [2.05, 4.69) is 15.3 Å². The van der Waals surface area contributed by atoms with Crippen molar-refractivity contribution >= 4 is 26.6 Å². The van der Waals surface area contributed by atoms with Gasteiger partial charge in [0.25, 0.3) is 5.56 Å². The number of aromatic nitrogens is 3. The minimum atomic E-state index is -4.46. The highest BCUT2D eigenvalue weighted by Gasteiger charge is 2.31. The molecule has 4 rings (SSSR count). The number of pyridine rings is 1. The molecule has 30 heavy (non-hydrogen) atoms. The fourth-order valence-electron chi connectivity index (χ4n) is 3.47. The number of benzene rings is 1. The molecule has 7 nitrogen and oxygen atoms in total. The van der Waals surface area contributed by atoms with E-state index in [0.717, 1.165) is 12.1 Å². The average Bonchev–Trinajstić information content (AvgIpc) is 3.02. The van der Waals surface area contributed by atoms with Crippen LogP contribution in [0.1, 0.15) is 12.0 Å². The number of anilines is 1. The lowest BCUT2D eigenvalue weighted by Gasteiger charge is -2.15. The van der Waals surface area contributed by atoms with Crippen molar-refractivity contribution in [3.63, 3.8) is 0 Å². The van der Waals surface area contributed by atoms with Crippen LogP contribution in [0.15, 0.2) is 41.6 Å². The second-order valence-corrected chi connectivity index (χ2v) is 9.45. The Morgan fingerprint density at radius 2 is 1.87 bits per heavy atom. The molecule has 1 fully saturated rings. The standard InChI is InChI=1S/C19H17F3N4O3S/c1-26-10-24-16-14(11-2-4-12(5-3-11)19(20,21)22)8-23-17(15(16)18(26)27)25-13-6-7-30(28,29)9-13/h2-5,8,10,13H,6-7,9H2,1H3,(H,23,25)/t13-/m0/s1. The molecule has 0 saturated carbocycles. The molecule has 1 atom stereocenters. The summed E-state index contributed by atoms with van der Waals surface area (Å²) >= 11 is 0. The number of aryl methyl sites for hydroxylation is 1. The Bertz CT molecular complexity index is 1290. The van der Waals surface area contributed by atoms with Gasteiger partial charge in [0.2, 0.25) is 0 Å². The first-order valence-electron chi connectivity index (χ1n) is 9.04. The van der Waals surface area contributed by atoms with E-state index in [0.29, 0.717) is 17.5 Å². The number of alkyl halides is 3. The van der Waals surface area contributed by atoms with Crippen molar-refractivity contribution in [2.24, 2.45) is 7.05 Å². The molecule has 1 saturated heterocycles. The van der Waals surface area contributed by atoms with Gasteiger partial charge < -0.3 is 9.88 Å². The van der Waals surface area contributed by atoms with E-state index in [4.69, 9.17) is 0 Å². The molecule has 0 amide bonds. The van der Waals surface area contributed by atoms with Crippen molar-refractivity contribution in [2.75, 3.05) is 16.8 Å². The topological polar surface area (TPSA) is 93.9 Å². The van der Waals surface area contributed by atoms with E-state index >= 15 is 0 Å². The van der Waals surface area contributed by atoms with E-state index in [-0.39, 0.29) is 34.3 Å². The first kappa shape index (κ1) is 20.3. The third-order valence-electron chi connectivity index (χ3n) is 5.04. The lowest BCUT2D eigenvalue weighted by molar-refractivity contribution is -0.137. The maximum atomic E-state index is 12.9. The fraction of sp³-hybridized carbons (Fsp3) is 0.316. The Morgan fingerprint density at radius 3 is 2.47 bits per heavy atom. The molecule has 3 aromatic rings. The van der Waals surface area contributed by atoms with Crippen molar-refractivity contribution in [3.8, 4) is 11.1 Å². The van der Waals surface area contributed by atoms with Crippen LogP contribution in [0.2, 0.25) is 0 Å². The largest absolute Gasteiger partial charge is 0.416 e. The molecule has 1 N–H and O–H groups in total. The highest BCUT2D eigenvalue weighted by molar-refractivity contribution is 7.91.